The summed E-state index contributed by atoms with van der Waals surface area (Å²) in [5.74, 6) is 0.178. The highest BCUT2D eigenvalue weighted by molar-refractivity contribution is 5.74. The molecule has 1 fully saturated rings. The number of hydrogen-bond acceptors (Lipinski definition) is 2. The van der Waals surface area contributed by atoms with Crippen LogP contribution in [0.25, 0.3) is 0 Å². The van der Waals surface area contributed by atoms with Crippen LogP contribution in [0.4, 0.5) is 9.18 Å². The van der Waals surface area contributed by atoms with Gasteiger partial charge in [-0.1, -0.05) is 26.0 Å². The summed E-state index contributed by atoms with van der Waals surface area (Å²) in [5, 5.41) is 12.9. The second-order valence-electron chi connectivity index (χ2n) is 7.22. The number of amides is 2. The van der Waals surface area contributed by atoms with Gasteiger partial charge in [0, 0.05) is 25.0 Å². The number of nitrogens with one attached hydrogen (secondary N) is 1. The van der Waals surface area contributed by atoms with Crippen molar-refractivity contribution < 1.29 is 14.3 Å². The van der Waals surface area contributed by atoms with Crippen molar-refractivity contribution in [2.24, 2.45) is 11.8 Å². The number of hydrogen-bond donors (Lipinski definition) is 2. The Morgan fingerprint density at radius 3 is 2.58 bits per heavy atom. The molecular formula is C19H29FN2O2. The average molecular weight is 336 g/mol. The maximum Gasteiger partial charge on any atom is 0.317 e. The van der Waals surface area contributed by atoms with Crippen LogP contribution in [0.2, 0.25) is 0 Å². The predicted molar refractivity (Wildman–Crippen MR) is 93.2 cm³/mol. The standard InChI is InChI=1S/C19H29FN2O2/c1-13(2)18(11-15-6-8-17(20)9-7-15)21-19(24)22-10-4-5-16(12-22)14(3)23/h6-9,13-14,16,18,23H,4-5,10-12H2,1-3H3,(H,21,24). The first kappa shape index (κ1) is 18.7. The number of aliphatic hydroxyl groups is 1. The Morgan fingerprint density at radius 2 is 2.00 bits per heavy atom. The third-order valence-corrected chi connectivity index (χ3v) is 4.91. The minimum absolute atomic E-state index is 0.00473. The molecule has 2 rings (SSSR count). The van der Waals surface area contributed by atoms with E-state index in [-0.39, 0.29) is 35.8 Å². The predicted octanol–water partition coefficient (Wildman–Crippen LogP) is 3.20. The molecule has 1 heterocycles. The molecular weight excluding hydrogens is 307 g/mol. The third-order valence-electron chi connectivity index (χ3n) is 4.91. The zero-order valence-corrected chi connectivity index (χ0v) is 14.8. The highest BCUT2D eigenvalue weighted by Crippen LogP contribution is 2.20. The molecule has 1 aromatic carbocycles. The summed E-state index contributed by atoms with van der Waals surface area (Å²) < 4.78 is 13.0. The molecule has 4 nitrogen and oxygen atoms in total. The van der Waals surface area contributed by atoms with E-state index in [0.717, 1.165) is 24.9 Å². The number of benzene rings is 1. The van der Waals surface area contributed by atoms with Crippen molar-refractivity contribution >= 4 is 6.03 Å². The van der Waals surface area contributed by atoms with Crippen molar-refractivity contribution in [3.63, 3.8) is 0 Å². The van der Waals surface area contributed by atoms with Crippen LogP contribution in [0.1, 0.15) is 39.2 Å². The van der Waals surface area contributed by atoms with Crippen LogP contribution >= 0.6 is 0 Å². The van der Waals surface area contributed by atoms with Crippen LogP contribution in [0.5, 0.6) is 0 Å². The smallest absolute Gasteiger partial charge is 0.317 e. The number of likely N-dealkylation sites (tertiary alicyclic amines) is 1. The summed E-state index contributed by atoms with van der Waals surface area (Å²) in [6, 6.07) is 6.36. The van der Waals surface area contributed by atoms with Crippen molar-refractivity contribution in [3.8, 4) is 0 Å². The van der Waals surface area contributed by atoms with Crippen LogP contribution < -0.4 is 5.32 Å². The van der Waals surface area contributed by atoms with Crippen molar-refractivity contribution in [2.45, 2.75) is 52.2 Å². The van der Waals surface area contributed by atoms with Gasteiger partial charge in [-0.25, -0.2) is 9.18 Å². The summed E-state index contributed by atoms with van der Waals surface area (Å²) in [5.41, 5.74) is 1.01. The van der Waals surface area contributed by atoms with Crippen molar-refractivity contribution in [1.29, 1.82) is 0 Å². The molecule has 3 unspecified atom stereocenters. The lowest BCUT2D eigenvalue weighted by Crippen LogP contribution is -2.51. The molecule has 1 aliphatic rings. The van der Waals surface area contributed by atoms with E-state index >= 15 is 0 Å². The summed E-state index contributed by atoms with van der Waals surface area (Å²) in [4.78, 5) is 14.4. The molecule has 0 aromatic heterocycles. The van der Waals surface area contributed by atoms with Crippen molar-refractivity contribution in [1.82, 2.24) is 10.2 Å². The Bertz CT molecular complexity index is 531. The monoisotopic (exact) mass is 336 g/mol. The maximum absolute atomic E-state index is 13.0. The summed E-state index contributed by atoms with van der Waals surface area (Å²) >= 11 is 0. The fourth-order valence-electron chi connectivity index (χ4n) is 3.17. The number of rotatable bonds is 5. The largest absolute Gasteiger partial charge is 0.393 e. The Balaban J connectivity index is 1.96. The first-order valence-corrected chi connectivity index (χ1v) is 8.84. The van der Waals surface area contributed by atoms with Gasteiger partial charge in [-0.2, -0.15) is 0 Å². The highest BCUT2D eigenvalue weighted by Gasteiger charge is 2.28. The van der Waals surface area contributed by atoms with Gasteiger partial charge in [-0.15, -0.1) is 0 Å². The van der Waals surface area contributed by atoms with E-state index in [4.69, 9.17) is 0 Å². The maximum atomic E-state index is 13.0. The van der Waals surface area contributed by atoms with E-state index in [0.29, 0.717) is 13.0 Å². The molecule has 2 amide bonds. The topological polar surface area (TPSA) is 52.6 Å². The van der Waals surface area contributed by atoms with E-state index in [9.17, 15) is 14.3 Å². The van der Waals surface area contributed by atoms with Crippen molar-refractivity contribution in [3.05, 3.63) is 35.6 Å². The minimum Gasteiger partial charge on any atom is -0.393 e. The first-order chi connectivity index (χ1) is 11.4. The molecule has 0 bridgehead atoms. The first-order valence-electron chi connectivity index (χ1n) is 8.84. The lowest BCUT2D eigenvalue weighted by molar-refractivity contribution is 0.0729. The summed E-state index contributed by atoms with van der Waals surface area (Å²) in [6.07, 6.45) is 2.18. The van der Waals surface area contributed by atoms with Gasteiger partial charge in [0.15, 0.2) is 0 Å². The van der Waals surface area contributed by atoms with Gasteiger partial charge in [0.1, 0.15) is 5.82 Å². The van der Waals surface area contributed by atoms with Crippen LogP contribution in [0, 0.1) is 17.7 Å². The molecule has 0 saturated carbocycles. The van der Waals surface area contributed by atoms with Gasteiger partial charge < -0.3 is 15.3 Å². The van der Waals surface area contributed by atoms with Crippen LogP contribution in [-0.2, 0) is 6.42 Å². The molecule has 134 valence electrons. The van der Waals surface area contributed by atoms with Crippen LogP contribution in [0.3, 0.4) is 0 Å². The van der Waals surface area contributed by atoms with Crippen LogP contribution in [0.15, 0.2) is 24.3 Å². The molecule has 0 radical (unpaired) electrons. The number of aliphatic hydroxyl groups excluding tert-OH is 1. The van der Waals surface area contributed by atoms with E-state index in [1.54, 1.807) is 24.0 Å². The number of carbonyl (C=O) groups excluding carboxylic acids is 1. The minimum atomic E-state index is -0.388. The van der Waals surface area contributed by atoms with Gasteiger partial charge in [0.2, 0.25) is 0 Å². The van der Waals surface area contributed by atoms with E-state index in [1.807, 2.05) is 0 Å². The van der Waals surface area contributed by atoms with E-state index in [2.05, 4.69) is 19.2 Å². The fourth-order valence-corrected chi connectivity index (χ4v) is 3.17. The van der Waals surface area contributed by atoms with Gasteiger partial charge in [-0.05, 0) is 49.8 Å². The van der Waals surface area contributed by atoms with Crippen LogP contribution in [-0.4, -0.2) is 41.3 Å². The normalized spacial score (nSPS) is 20.8. The Labute approximate surface area is 144 Å². The average Bonchev–Trinajstić information content (AvgIpc) is 2.56. The second kappa shape index (κ2) is 8.47. The van der Waals surface area contributed by atoms with Gasteiger partial charge in [0.25, 0.3) is 0 Å². The zero-order valence-electron chi connectivity index (χ0n) is 14.8. The second-order valence-corrected chi connectivity index (χ2v) is 7.22. The molecule has 0 aliphatic carbocycles. The molecule has 5 heteroatoms. The Morgan fingerprint density at radius 1 is 1.33 bits per heavy atom. The molecule has 1 aromatic rings. The van der Waals surface area contributed by atoms with Crippen molar-refractivity contribution in [2.75, 3.05) is 13.1 Å². The summed E-state index contributed by atoms with van der Waals surface area (Å²) in [7, 11) is 0. The molecule has 1 saturated heterocycles. The third kappa shape index (κ3) is 5.20. The van der Waals surface area contributed by atoms with E-state index in [1.165, 1.54) is 12.1 Å². The Kier molecular flexibility index (Phi) is 6.60. The van der Waals surface area contributed by atoms with Gasteiger partial charge in [0.05, 0.1) is 6.10 Å². The molecule has 0 spiro atoms. The number of urea groups is 1. The van der Waals surface area contributed by atoms with Gasteiger partial charge in [-0.3, -0.25) is 0 Å². The van der Waals surface area contributed by atoms with E-state index < -0.39 is 0 Å². The molecule has 24 heavy (non-hydrogen) atoms. The molecule has 3 atom stereocenters. The lowest BCUT2D eigenvalue weighted by atomic mass is 9.93. The molecule has 2 N–H and O–H groups in total. The number of halogens is 1. The Hall–Kier alpha value is -1.62. The fraction of sp³-hybridized carbons (Fsp3) is 0.632. The number of piperidine rings is 1. The zero-order chi connectivity index (χ0) is 17.7. The van der Waals surface area contributed by atoms with Gasteiger partial charge >= 0.3 is 6.03 Å². The highest BCUT2D eigenvalue weighted by atomic mass is 19.1. The molecule has 1 aliphatic heterocycles. The SMILES string of the molecule is CC(C)C(Cc1ccc(F)cc1)NC(=O)N1CCCC(C(C)O)C1. The number of carbonyl (C=O) groups is 1. The number of nitrogens with zero attached hydrogens (tertiary/aromatic N) is 1. The quantitative estimate of drug-likeness (QED) is 0.867. The lowest BCUT2D eigenvalue weighted by Gasteiger charge is -2.35. The summed E-state index contributed by atoms with van der Waals surface area (Å²) in [6.45, 7) is 7.27.